The Kier molecular flexibility index (Phi) is 3.40. The molecule has 0 saturated carbocycles. The van der Waals surface area contributed by atoms with E-state index >= 15 is 0 Å². The van der Waals surface area contributed by atoms with E-state index in [1.165, 1.54) is 5.39 Å². The highest BCUT2D eigenvalue weighted by atomic mass is 32.2. The Hall–Kier alpha value is -1.50. The van der Waals surface area contributed by atoms with Gasteiger partial charge in [-0.3, -0.25) is 4.99 Å². The first-order valence-corrected chi connectivity index (χ1v) is 8.87. The molecule has 4 nitrogen and oxygen atoms in total. The van der Waals surface area contributed by atoms with Crippen LogP contribution in [-0.2, 0) is 0 Å². The number of thioether (sulfide) groups is 1. The average molecular weight is 332 g/mol. The van der Waals surface area contributed by atoms with Crippen molar-refractivity contribution in [2.45, 2.75) is 13.0 Å². The average Bonchev–Trinajstić information content (AvgIpc) is 3.20. The highest BCUT2D eigenvalue weighted by Gasteiger charge is 2.35. The number of nitrogens with zero attached hydrogens (tertiary/aromatic N) is 2. The first-order chi connectivity index (χ1) is 10.7. The van der Waals surface area contributed by atoms with Crippen LogP contribution in [0, 0.1) is 0 Å². The molecule has 114 valence electrons. The number of hydrogen-bond acceptors (Lipinski definition) is 6. The fourth-order valence-corrected chi connectivity index (χ4v) is 5.01. The minimum Gasteiger partial charge on any atom is -0.495 e. The molecule has 0 amide bonds. The molecule has 2 aliphatic rings. The molecule has 0 saturated heterocycles. The minimum absolute atomic E-state index is 0.496. The van der Waals surface area contributed by atoms with Crippen molar-refractivity contribution in [2.24, 2.45) is 4.99 Å². The molecule has 1 aromatic carbocycles. The third-order valence-corrected chi connectivity index (χ3v) is 6.16. The predicted molar refractivity (Wildman–Crippen MR) is 93.6 cm³/mol. The Balaban J connectivity index is 1.95. The summed E-state index contributed by atoms with van der Waals surface area (Å²) in [5.41, 5.74) is 2.25. The number of amidine groups is 1. The van der Waals surface area contributed by atoms with Gasteiger partial charge in [0.15, 0.2) is 5.17 Å². The molecule has 2 aliphatic heterocycles. The summed E-state index contributed by atoms with van der Waals surface area (Å²) >= 11 is 3.27. The smallest absolute Gasteiger partial charge is 0.168 e. The van der Waals surface area contributed by atoms with E-state index in [0.717, 1.165) is 44.9 Å². The Labute approximate surface area is 137 Å². The second-order valence-corrected chi connectivity index (χ2v) is 7.21. The number of ether oxygens (including phenoxy) is 1. The molecule has 0 aliphatic carbocycles. The fraction of sp³-hybridized carbons (Fsp3) is 0.312. The van der Waals surface area contributed by atoms with E-state index in [0.29, 0.717) is 0 Å². The molecular formula is C16H16N2O2S2. The third-order valence-electron chi connectivity index (χ3n) is 3.94. The SMILES string of the molecule is COc1ccc(C2=C(C(C)O)SC3=NCCN32)c2ccsc12. The van der Waals surface area contributed by atoms with E-state index in [1.54, 1.807) is 30.2 Å². The minimum atomic E-state index is -0.496. The summed E-state index contributed by atoms with van der Waals surface area (Å²) in [6.07, 6.45) is -0.496. The lowest BCUT2D eigenvalue weighted by Crippen LogP contribution is -2.20. The summed E-state index contributed by atoms with van der Waals surface area (Å²) in [6, 6.07) is 6.23. The van der Waals surface area contributed by atoms with Crippen molar-refractivity contribution in [3.05, 3.63) is 34.0 Å². The van der Waals surface area contributed by atoms with Crippen LogP contribution in [0.5, 0.6) is 5.75 Å². The molecule has 0 spiro atoms. The third kappa shape index (κ3) is 1.98. The summed E-state index contributed by atoms with van der Waals surface area (Å²) in [4.78, 5) is 7.75. The summed E-state index contributed by atoms with van der Waals surface area (Å²) < 4.78 is 6.61. The molecule has 1 N–H and O–H groups in total. The van der Waals surface area contributed by atoms with Gasteiger partial charge in [0.2, 0.25) is 0 Å². The number of aliphatic hydroxyl groups is 1. The Bertz CT molecular complexity index is 808. The number of hydrogen-bond donors (Lipinski definition) is 1. The van der Waals surface area contributed by atoms with Crippen LogP contribution in [0.3, 0.4) is 0 Å². The van der Waals surface area contributed by atoms with Crippen LogP contribution in [-0.4, -0.2) is 41.5 Å². The molecule has 0 bridgehead atoms. The van der Waals surface area contributed by atoms with E-state index in [2.05, 4.69) is 27.4 Å². The fourth-order valence-electron chi connectivity index (χ4n) is 2.97. The number of aliphatic hydroxyl groups excluding tert-OH is 1. The number of aliphatic imine (C=N–C) groups is 1. The van der Waals surface area contributed by atoms with E-state index in [1.807, 2.05) is 13.0 Å². The number of thiophene rings is 1. The molecule has 6 heteroatoms. The van der Waals surface area contributed by atoms with E-state index in [4.69, 9.17) is 4.74 Å². The predicted octanol–water partition coefficient (Wildman–Crippen LogP) is 3.38. The van der Waals surface area contributed by atoms with E-state index < -0.39 is 6.10 Å². The molecule has 22 heavy (non-hydrogen) atoms. The van der Waals surface area contributed by atoms with Crippen LogP contribution in [0.4, 0.5) is 0 Å². The molecule has 1 aromatic heterocycles. The Morgan fingerprint density at radius 1 is 1.36 bits per heavy atom. The highest BCUT2D eigenvalue weighted by Crippen LogP contribution is 2.46. The summed E-state index contributed by atoms with van der Waals surface area (Å²) in [6.45, 7) is 3.52. The first kappa shape index (κ1) is 14.1. The second-order valence-electron chi connectivity index (χ2n) is 5.29. The van der Waals surface area contributed by atoms with Gasteiger partial charge in [-0.1, -0.05) is 11.8 Å². The van der Waals surface area contributed by atoms with Gasteiger partial charge in [0.1, 0.15) is 5.75 Å². The van der Waals surface area contributed by atoms with Gasteiger partial charge in [0.05, 0.1) is 30.2 Å². The van der Waals surface area contributed by atoms with Gasteiger partial charge in [0, 0.05) is 22.4 Å². The van der Waals surface area contributed by atoms with Gasteiger partial charge in [-0.05, 0) is 30.5 Å². The first-order valence-electron chi connectivity index (χ1n) is 7.17. The van der Waals surface area contributed by atoms with Gasteiger partial charge < -0.3 is 14.7 Å². The molecule has 2 aromatic rings. The van der Waals surface area contributed by atoms with Crippen LogP contribution >= 0.6 is 23.1 Å². The number of benzene rings is 1. The van der Waals surface area contributed by atoms with Crippen LogP contribution in [0.2, 0.25) is 0 Å². The zero-order valence-corrected chi connectivity index (χ0v) is 14.0. The molecule has 1 unspecified atom stereocenters. The van der Waals surface area contributed by atoms with Crippen molar-refractivity contribution in [1.82, 2.24) is 4.90 Å². The van der Waals surface area contributed by atoms with Gasteiger partial charge in [-0.25, -0.2) is 0 Å². The van der Waals surface area contributed by atoms with Gasteiger partial charge >= 0.3 is 0 Å². The molecule has 3 heterocycles. The van der Waals surface area contributed by atoms with Crippen LogP contribution < -0.4 is 4.74 Å². The normalized spacial score (nSPS) is 18.9. The number of fused-ring (bicyclic) bond motifs is 2. The Morgan fingerprint density at radius 3 is 3.00 bits per heavy atom. The number of rotatable bonds is 3. The molecular weight excluding hydrogens is 316 g/mol. The van der Waals surface area contributed by atoms with Crippen molar-refractivity contribution in [3.8, 4) is 5.75 Å². The largest absolute Gasteiger partial charge is 0.495 e. The topological polar surface area (TPSA) is 45.1 Å². The lowest BCUT2D eigenvalue weighted by Gasteiger charge is -2.19. The van der Waals surface area contributed by atoms with Crippen molar-refractivity contribution < 1.29 is 9.84 Å². The number of methoxy groups -OCH3 is 1. The highest BCUT2D eigenvalue weighted by molar-refractivity contribution is 8.17. The van der Waals surface area contributed by atoms with Crippen molar-refractivity contribution in [1.29, 1.82) is 0 Å². The lowest BCUT2D eigenvalue weighted by molar-refractivity contribution is 0.240. The van der Waals surface area contributed by atoms with Crippen LogP contribution in [0.1, 0.15) is 12.5 Å². The summed E-state index contributed by atoms with van der Waals surface area (Å²) in [7, 11) is 1.70. The molecule has 1 atom stereocenters. The van der Waals surface area contributed by atoms with Crippen molar-refractivity contribution in [2.75, 3.05) is 20.2 Å². The maximum absolute atomic E-state index is 10.2. The standard InChI is InChI=1S/C16H16N2O2S2/c1-9(19)14-13(18-7-6-17-16(18)22-14)10-3-4-12(20-2)15-11(10)5-8-21-15/h3-5,8-9,19H,6-7H2,1-2H3. The van der Waals surface area contributed by atoms with Gasteiger partial charge in [-0.15, -0.1) is 11.3 Å². The van der Waals surface area contributed by atoms with E-state index in [9.17, 15) is 5.11 Å². The molecule has 4 rings (SSSR count). The second kappa shape index (κ2) is 5.30. The Morgan fingerprint density at radius 2 is 2.23 bits per heavy atom. The maximum atomic E-state index is 10.2. The van der Waals surface area contributed by atoms with Crippen LogP contribution in [0.25, 0.3) is 15.8 Å². The summed E-state index contributed by atoms with van der Waals surface area (Å²) in [5.74, 6) is 0.897. The summed E-state index contributed by atoms with van der Waals surface area (Å²) in [5, 5.41) is 14.4. The maximum Gasteiger partial charge on any atom is 0.168 e. The van der Waals surface area contributed by atoms with Gasteiger partial charge in [-0.2, -0.15) is 0 Å². The zero-order chi connectivity index (χ0) is 15.3. The van der Waals surface area contributed by atoms with Gasteiger partial charge in [0.25, 0.3) is 0 Å². The van der Waals surface area contributed by atoms with Crippen molar-refractivity contribution >= 4 is 44.0 Å². The molecule has 0 radical (unpaired) electrons. The van der Waals surface area contributed by atoms with Crippen molar-refractivity contribution in [3.63, 3.8) is 0 Å². The lowest BCUT2D eigenvalue weighted by atomic mass is 10.0. The zero-order valence-electron chi connectivity index (χ0n) is 12.4. The van der Waals surface area contributed by atoms with Crippen LogP contribution in [0.15, 0.2) is 33.5 Å². The quantitative estimate of drug-likeness (QED) is 0.936. The monoisotopic (exact) mass is 332 g/mol. The van der Waals surface area contributed by atoms with E-state index in [-0.39, 0.29) is 0 Å². The molecule has 0 fully saturated rings.